The molecule has 2 aromatic carbocycles. The van der Waals surface area contributed by atoms with Crippen LogP contribution < -0.4 is 10.1 Å². The highest BCUT2D eigenvalue weighted by Gasteiger charge is 2.18. The van der Waals surface area contributed by atoms with Gasteiger partial charge in [-0.15, -0.1) is 11.8 Å². The molecule has 1 aliphatic heterocycles. The number of ether oxygens (including phenoxy) is 1. The predicted molar refractivity (Wildman–Crippen MR) is 78.3 cm³/mol. The molecule has 0 aliphatic carbocycles. The topological polar surface area (TPSA) is 21.3 Å². The van der Waals surface area contributed by atoms with Gasteiger partial charge in [-0.25, -0.2) is 0 Å². The first kappa shape index (κ1) is 11.9. The highest BCUT2D eigenvalue weighted by Crippen LogP contribution is 2.37. The summed E-state index contributed by atoms with van der Waals surface area (Å²) in [4.78, 5) is 0. The molecule has 0 amide bonds. The molecule has 94 valence electrons. The fourth-order valence-corrected chi connectivity index (χ4v) is 3.63. The summed E-state index contributed by atoms with van der Waals surface area (Å²) in [5, 5.41) is 6.49. The van der Waals surface area contributed by atoms with E-state index in [0.717, 1.165) is 12.3 Å². The highest BCUT2D eigenvalue weighted by molar-refractivity contribution is 7.99. The summed E-state index contributed by atoms with van der Waals surface area (Å²) in [5.74, 6) is 2.19. The molecule has 3 rings (SSSR count). The molecule has 2 nitrogen and oxygen atoms in total. The lowest BCUT2D eigenvalue weighted by atomic mass is 10.0. The molecule has 0 saturated carbocycles. The van der Waals surface area contributed by atoms with Crippen molar-refractivity contribution in [2.45, 2.75) is 11.8 Å². The molecule has 1 aliphatic rings. The minimum atomic E-state index is 0.412. The van der Waals surface area contributed by atoms with E-state index in [1.807, 2.05) is 11.8 Å². The van der Waals surface area contributed by atoms with Crippen LogP contribution in [0.5, 0.6) is 5.75 Å². The van der Waals surface area contributed by atoms with Crippen LogP contribution in [0, 0.1) is 0 Å². The SMILES string of the molecule is COc1ccc(C2NCCCS2)c2ccccc12. The summed E-state index contributed by atoms with van der Waals surface area (Å²) in [6.07, 6.45) is 1.26. The van der Waals surface area contributed by atoms with Crippen molar-refractivity contribution >= 4 is 22.5 Å². The van der Waals surface area contributed by atoms with Crippen LogP contribution in [0.3, 0.4) is 0 Å². The largest absolute Gasteiger partial charge is 0.496 e. The zero-order chi connectivity index (χ0) is 12.4. The Kier molecular flexibility index (Phi) is 3.43. The summed E-state index contributed by atoms with van der Waals surface area (Å²) in [7, 11) is 1.73. The van der Waals surface area contributed by atoms with E-state index in [0.29, 0.717) is 5.37 Å². The first-order valence-electron chi connectivity index (χ1n) is 6.31. The van der Waals surface area contributed by atoms with Crippen LogP contribution in [0.15, 0.2) is 36.4 Å². The Balaban J connectivity index is 2.12. The van der Waals surface area contributed by atoms with Gasteiger partial charge in [-0.2, -0.15) is 0 Å². The monoisotopic (exact) mass is 259 g/mol. The molecule has 3 heteroatoms. The third kappa shape index (κ3) is 2.08. The smallest absolute Gasteiger partial charge is 0.126 e. The van der Waals surface area contributed by atoms with E-state index in [9.17, 15) is 0 Å². The summed E-state index contributed by atoms with van der Waals surface area (Å²) >= 11 is 1.99. The van der Waals surface area contributed by atoms with Crippen LogP contribution >= 0.6 is 11.8 Å². The van der Waals surface area contributed by atoms with E-state index in [1.165, 1.54) is 28.5 Å². The summed E-state index contributed by atoms with van der Waals surface area (Å²) in [5.41, 5.74) is 1.37. The Hall–Kier alpha value is -1.19. The zero-order valence-electron chi connectivity index (χ0n) is 10.5. The molecule has 1 N–H and O–H groups in total. The summed E-state index contributed by atoms with van der Waals surface area (Å²) in [6, 6.07) is 12.7. The van der Waals surface area contributed by atoms with E-state index in [4.69, 9.17) is 4.74 Å². The zero-order valence-corrected chi connectivity index (χ0v) is 11.3. The van der Waals surface area contributed by atoms with Crippen molar-refractivity contribution in [3.63, 3.8) is 0 Å². The van der Waals surface area contributed by atoms with E-state index in [2.05, 4.69) is 41.7 Å². The Morgan fingerprint density at radius 2 is 2.00 bits per heavy atom. The number of thioether (sulfide) groups is 1. The predicted octanol–water partition coefficient (Wildman–Crippen LogP) is 3.57. The van der Waals surface area contributed by atoms with Crippen molar-refractivity contribution in [2.24, 2.45) is 0 Å². The van der Waals surface area contributed by atoms with Gasteiger partial charge in [0.2, 0.25) is 0 Å². The Bertz CT molecular complexity index is 549. The summed E-state index contributed by atoms with van der Waals surface area (Å²) < 4.78 is 5.44. The quantitative estimate of drug-likeness (QED) is 0.891. The maximum absolute atomic E-state index is 5.44. The second-order valence-corrected chi connectivity index (χ2v) is 5.67. The third-order valence-electron chi connectivity index (χ3n) is 3.36. The molecule has 1 heterocycles. The van der Waals surface area contributed by atoms with Crippen LogP contribution in [0.1, 0.15) is 17.4 Å². The van der Waals surface area contributed by atoms with Gasteiger partial charge in [-0.1, -0.05) is 30.3 Å². The van der Waals surface area contributed by atoms with Gasteiger partial charge in [0.15, 0.2) is 0 Å². The molecule has 2 aromatic rings. The van der Waals surface area contributed by atoms with Crippen molar-refractivity contribution in [3.05, 3.63) is 42.0 Å². The van der Waals surface area contributed by atoms with E-state index in [1.54, 1.807) is 7.11 Å². The number of benzene rings is 2. The minimum Gasteiger partial charge on any atom is -0.496 e. The van der Waals surface area contributed by atoms with Crippen LogP contribution in [0.2, 0.25) is 0 Å². The number of fused-ring (bicyclic) bond motifs is 1. The maximum Gasteiger partial charge on any atom is 0.126 e. The van der Waals surface area contributed by atoms with Crippen molar-refractivity contribution < 1.29 is 4.74 Å². The number of hydrogen-bond donors (Lipinski definition) is 1. The third-order valence-corrected chi connectivity index (χ3v) is 4.63. The average Bonchev–Trinajstić information content (AvgIpc) is 2.47. The number of methoxy groups -OCH3 is 1. The van der Waals surface area contributed by atoms with Gasteiger partial charge in [0.25, 0.3) is 0 Å². The lowest BCUT2D eigenvalue weighted by Crippen LogP contribution is -2.25. The standard InChI is InChI=1S/C15H17NOS/c1-17-14-8-7-13(15-16-9-4-10-18-15)11-5-2-3-6-12(11)14/h2-3,5-8,15-16H,4,9-10H2,1H3. The fraction of sp³-hybridized carbons (Fsp3) is 0.333. The normalized spacial score (nSPS) is 19.9. The Labute approximate surface area is 112 Å². The van der Waals surface area contributed by atoms with Gasteiger partial charge in [0.1, 0.15) is 5.75 Å². The molecular weight excluding hydrogens is 242 g/mol. The minimum absolute atomic E-state index is 0.412. The van der Waals surface area contributed by atoms with Crippen LogP contribution in [-0.4, -0.2) is 19.4 Å². The molecule has 0 radical (unpaired) electrons. The van der Waals surface area contributed by atoms with Crippen molar-refractivity contribution in [1.82, 2.24) is 5.32 Å². The van der Waals surface area contributed by atoms with E-state index in [-0.39, 0.29) is 0 Å². The van der Waals surface area contributed by atoms with Gasteiger partial charge < -0.3 is 10.1 Å². The molecule has 1 unspecified atom stereocenters. The Morgan fingerprint density at radius 3 is 2.72 bits per heavy atom. The van der Waals surface area contributed by atoms with Gasteiger partial charge in [-0.3, -0.25) is 0 Å². The number of hydrogen-bond acceptors (Lipinski definition) is 3. The molecule has 18 heavy (non-hydrogen) atoms. The number of rotatable bonds is 2. The van der Waals surface area contributed by atoms with Crippen LogP contribution in [-0.2, 0) is 0 Å². The molecule has 1 saturated heterocycles. The first-order chi connectivity index (χ1) is 8.90. The maximum atomic E-state index is 5.44. The highest BCUT2D eigenvalue weighted by atomic mass is 32.2. The van der Waals surface area contributed by atoms with Gasteiger partial charge in [-0.05, 0) is 35.7 Å². The molecule has 0 bridgehead atoms. The molecule has 1 fully saturated rings. The van der Waals surface area contributed by atoms with Crippen LogP contribution in [0.4, 0.5) is 0 Å². The lowest BCUT2D eigenvalue weighted by Gasteiger charge is -2.25. The second-order valence-electron chi connectivity index (χ2n) is 4.46. The fourth-order valence-electron chi connectivity index (χ4n) is 2.47. The first-order valence-corrected chi connectivity index (χ1v) is 7.35. The molecule has 0 spiro atoms. The van der Waals surface area contributed by atoms with Crippen molar-refractivity contribution in [2.75, 3.05) is 19.4 Å². The Morgan fingerprint density at radius 1 is 1.17 bits per heavy atom. The van der Waals surface area contributed by atoms with E-state index < -0.39 is 0 Å². The van der Waals surface area contributed by atoms with Crippen LogP contribution in [0.25, 0.3) is 10.8 Å². The summed E-state index contributed by atoms with van der Waals surface area (Å²) in [6.45, 7) is 1.11. The number of nitrogens with one attached hydrogen (secondary N) is 1. The van der Waals surface area contributed by atoms with Crippen molar-refractivity contribution in [3.8, 4) is 5.75 Å². The average molecular weight is 259 g/mol. The van der Waals surface area contributed by atoms with Crippen molar-refractivity contribution in [1.29, 1.82) is 0 Å². The lowest BCUT2D eigenvalue weighted by molar-refractivity contribution is 0.419. The molecular formula is C15H17NOS. The van der Waals surface area contributed by atoms with E-state index >= 15 is 0 Å². The molecule has 1 atom stereocenters. The van der Waals surface area contributed by atoms with Gasteiger partial charge in [0, 0.05) is 5.39 Å². The van der Waals surface area contributed by atoms with Gasteiger partial charge in [0.05, 0.1) is 12.5 Å². The second kappa shape index (κ2) is 5.21. The molecule has 0 aromatic heterocycles. The van der Waals surface area contributed by atoms with Gasteiger partial charge >= 0.3 is 0 Å².